The molecule has 0 amide bonds. The van der Waals surface area contributed by atoms with Crippen molar-refractivity contribution in [2.24, 2.45) is 11.7 Å². The van der Waals surface area contributed by atoms with Crippen LogP contribution in [0.3, 0.4) is 0 Å². The molecule has 7 nitrogen and oxygen atoms in total. The van der Waals surface area contributed by atoms with Crippen molar-refractivity contribution >= 4 is 35.0 Å². The molecule has 3 N–H and O–H groups in total. The van der Waals surface area contributed by atoms with E-state index in [2.05, 4.69) is 0 Å². The lowest BCUT2D eigenvalue weighted by Crippen LogP contribution is -2.29. The average molecular weight is 430 g/mol. The van der Waals surface area contributed by atoms with Crippen LogP contribution in [0.15, 0.2) is 17.1 Å². The van der Waals surface area contributed by atoms with Crippen molar-refractivity contribution in [2.75, 3.05) is 25.1 Å². The fourth-order valence-electron chi connectivity index (χ4n) is 3.96. The molecule has 2 aromatic rings. The van der Waals surface area contributed by atoms with Gasteiger partial charge in [-0.1, -0.05) is 6.92 Å². The Morgan fingerprint density at radius 3 is 2.52 bits per heavy atom. The number of methoxy groups -OCH3 is 1. The summed E-state index contributed by atoms with van der Waals surface area (Å²) in [6, 6.07) is 0.256. The number of carbonyl (C=O) groups is 1. The molecule has 2 aliphatic rings. The number of aromatic nitrogens is 1. The van der Waals surface area contributed by atoms with Crippen LogP contribution in [-0.4, -0.2) is 48.1 Å². The molecule has 1 aliphatic heterocycles. The zero-order valence-electron chi connectivity index (χ0n) is 15.9. The lowest BCUT2D eigenvalue weighted by Gasteiger charge is -2.24. The first-order chi connectivity index (χ1) is 13.2. The number of hydrogen-bond acceptors (Lipinski definition) is 5. The third kappa shape index (κ3) is 3.32. The number of anilines is 1. The van der Waals surface area contributed by atoms with Gasteiger partial charge in [0.15, 0.2) is 11.6 Å². The zero-order chi connectivity index (χ0) is 20.3. The molecule has 1 aromatic heterocycles. The van der Waals surface area contributed by atoms with Crippen molar-refractivity contribution in [3.05, 3.63) is 33.9 Å². The second-order valence-corrected chi connectivity index (χ2v) is 7.59. The number of fused-ring (bicyclic) bond motifs is 1. The number of ether oxygens (including phenoxy) is 1. The molecular weight excluding hydrogens is 408 g/mol. The van der Waals surface area contributed by atoms with Gasteiger partial charge >= 0.3 is 5.97 Å². The standard InChI is InChI=1S/C19H21F2N3O4.ClH/c1-8-5-23(7-13(8)22)16-12(21)3-9-15(18(16)28-2)24(14-4-11(14)20)6-10(17(9)25)19(26)27;/h3,6,8,11,13-14H,4-5,7,22H2,1-2H3,(H,26,27);1H/t8-,11-,13+,14+;/m0./s1. The molecule has 29 heavy (non-hydrogen) atoms. The monoisotopic (exact) mass is 429 g/mol. The highest BCUT2D eigenvalue weighted by molar-refractivity contribution is 5.97. The summed E-state index contributed by atoms with van der Waals surface area (Å²) < 4.78 is 35.8. The van der Waals surface area contributed by atoms with E-state index in [1.54, 1.807) is 4.90 Å². The molecule has 1 saturated carbocycles. The second-order valence-electron chi connectivity index (χ2n) is 7.59. The lowest BCUT2D eigenvalue weighted by molar-refractivity contribution is 0.0694. The Morgan fingerprint density at radius 2 is 2.03 bits per heavy atom. The highest BCUT2D eigenvalue weighted by Gasteiger charge is 2.41. The maximum atomic E-state index is 15.1. The van der Waals surface area contributed by atoms with Crippen LogP contribution in [-0.2, 0) is 0 Å². The van der Waals surface area contributed by atoms with Crippen LogP contribution in [0.4, 0.5) is 14.5 Å². The van der Waals surface area contributed by atoms with Crippen LogP contribution in [0, 0.1) is 11.7 Å². The number of carboxylic acids is 1. The van der Waals surface area contributed by atoms with Crippen molar-refractivity contribution in [2.45, 2.75) is 31.6 Å². The lowest BCUT2D eigenvalue weighted by atomic mass is 10.1. The van der Waals surface area contributed by atoms with Crippen LogP contribution in [0.1, 0.15) is 29.7 Å². The molecule has 2 heterocycles. The van der Waals surface area contributed by atoms with Gasteiger partial charge in [0.05, 0.1) is 24.1 Å². The number of nitrogens with two attached hydrogens (primary N) is 1. The second kappa shape index (κ2) is 7.46. The van der Waals surface area contributed by atoms with Gasteiger partial charge in [0.2, 0.25) is 5.43 Å². The molecule has 1 aliphatic carbocycles. The summed E-state index contributed by atoms with van der Waals surface area (Å²) in [5.74, 6) is -1.93. The fraction of sp³-hybridized carbons (Fsp3) is 0.474. The summed E-state index contributed by atoms with van der Waals surface area (Å²) in [5, 5.41) is 9.20. The summed E-state index contributed by atoms with van der Waals surface area (Å²) in [6.45, 7) is 2.88. The van der Waals surface area contributed by atoms with Gasteiger partial charge < -0.3 is 25.0 Å². The maximum absolute atomic E-state index is 15.1. The first-order valence-electron chi connectivity index (χ1n) is 9.07. The summed E-state index contributed by atoms with van der Waals surface area (Å²) >= 11 is 0. The van der Waals surface area contributed by atoms with Crippen LogP contribution >= 0.6 is 12.4 Å². The number of halogens is 3. The number of hydrogen-bond donors (Lipinski definition) is 2. The largest absolute Gasteiger partial charge is 0.492 e. The van der Waals surface area contributed by atoms with E-state index in [0.717, 1.165) is 12.3 Å². The Bertz CT molecular complexity index is 1030. The van der Waals surface area contributed by atoms with Gasteiger partial charge in [-0.25, -0.2) is 13.6 Å². The van der Waals surface area contributed by atoms with Crippen molar-refractivity contribution < 1.29 is 23.4 Å². The summed E-state index contributed by atoms with van der Waals surface area (Å²) in [6.07, 6.45) is 0.156. The van der Waals surface area contributed by atoms with Gasteiger partial charge in [-0.2, -0.15) is 0 Å². The average Bonchev–Trinajstić information content (AvgIpc) is 3.27. The summed E-state index contributed by atoms with van der Waals surface area (Å²) in [7, 11) is 1.34. The maximum Gasteiger partial charge on any atom is 0.341 e. The number of pyridine rings is 1. The van der Waals surface area contributed by atoms with Crippen molar-refractivity contribution in [3.8, 4) is 5.75 Å². The zero-order valence-corrected chi connectivity index (χ0v) is 16.7. The van der Waals surface area contributed by atoms with E-state index in [4.69, 9.17) is 10.5 Å². The van der Waals surface area contributed by atoms with E-state index < -0.39 is 35.0 Å². The molecule has 4 atom stereocenters. The number of alkyl halides is 1. The number of benzene rings is 1. The Balaban J connectivity index is 0.00000240. The summed E-state index contributed by atoms with van der Waals surface area (Å²) in [4.78, 5) is 25.9. The van der Waals surface area contributed by atoms with Gasteiger partial charge in [-0.15, -0.1) is 12.4 Å². The molecule has 0 unspecified atom stereocenters. The van der Waals surface area contributed by atoms with E-state index in [1.807, 2.05) is 6.92 Å². The van der Waals surface area contributed by atoms with Crippen molar-refractivity contribution in [3.63, 3.8) is 0 Å². The smallest absolute Gasteiger partial charge is 0.341 e. The third-order valence-electron chi connectivity index (χ3n) is 5.66. The van der Waals surface area contributed by atoms with E-state index in [0.29, 0.717) is 13.1 Å². The predicted molar refractivity (Wildman–Crippen MR) is 107 cm³/mol. The molecule has 158 valence electrons. The molecule has 4 rings (SSSR count). The molecule has 2 fully saturated rings. The Morgan fingerprint density at radius 1 is 1.38 bits per heavy atom. The Hall–Kier alpha value is -2.39. The quantitative estimate of drug-likeness (QED) is 0.774. The van der Waals surface area contributed by atoms with Gasteiger partial charge in [0.1, 0.15) is 17.4 Å². The normalized spacial score (nSPS) is 25.8. The molecule has 1 saturated heterocycles. The third-order valence-corrected chi connectivity index (χ3v) is 5.66. The molecule has 0 radical (unpaired) electrons. The van der Waals surface area contributed by atoms with Crippen LogP contribution < -0.4 is 20.8 Å². The number of rotatable bonds is 4. The topological polar surface area (TPSA) is 97.8 Å². The van der Waals surface area contributed by atoms with Crippen molar-refractivity contribution in [1.29, 1.82) is 0 Å². The molecule has 0 bridgehead atoms. The first kappa shape index (κ1) is 21.3. The van der Waals surface area contributed by atoms with E-state index in [9.17, 15) is 19.1 Å². The molecule has 1 aromatic carbocycles. The Labute approximate surface area is 171 Å². The first-order valence-corrected chi connectivity index (χ1v) is 9.07. The van der Waals surface area contributed by atoms with Gasteiger partial charge in [0.25, 0.3) is 0 Å². The van der Waals surface area contributed by atoms with E-state index >= 15 is 4.39 Å². The van der Waals surface area contributed by atoms with Crippen molar-refractivity contribution in [1.82, 2.24) is 4.57 Å². The molecule has 10 heteroatoms. The van der Waals surface area contributed by atoms with Gasteiger partial charge in [-0.3, -0.25) is 4.79 Å². The fourth-order valence-corrected chi connectivity index (χ4v) is 3.96. The van der Waals surface area contributed by atoms with Gasteiger partial charge in [0, 0.05) is 31.7 Å². The van der Waals surface area contributed by atoms with E-state index in [-0.39, 0.29) is 53.1 Å². The minimum absolute atomic E-state index is 0. The van der Waals surface area contributed by atoms with Crippen LogP contribution in [0.5, 0.6) is 5.75 Å². The predicted octanol–water partition coefficient (Wildman–Crippen LogP) is 2.34. The number of nitrogens with zero attached hydrogens (tertiary/aromatic N) is 2. The minimum Gasteiger partial charge on any atom is -0.492 e. The molecule has 0 spiro atoms. The Kier molecular flexibility index (Phi) is 5.48. The number of aromatic carboxylic acids is 1. The highest BCUT2D eigenvalue weighted by atomic mass is 35.5. The van der Waals surface area contributed by atoms with Crippen LogP contribution in [0.2, 0.25) is 0 Å². The van der Waals surface area contributed by atoms with E-state index in [1.165, 1.54) is 11.7 Å². The highest BCUT2D eigenvalue weighted by Crippen LogP contribution is 2.45. The SMILES string of the molecule is COc1c(N2C[C@@H](N)[C@@H](C)C2)c(F)cc2c(=O)c(C(=O)O)cn([C@@H]3C[C@@H]3F)c12.Cl. The van der Waals surface area contributed by atoms with Gasteiger partial charge in [-0.05, 0) is 12.0 Å². The number of carboxylic acid groups (broad SMARTS) is 1. The molecular formula is C19H22ClF2N3O4. The summed E-state index contributed by atoms with van der Waals surface area (Å²) in [5.41, 5.74) is 5.07. The minimum atomic E-state index is -1.44. The van der Waals surface area contributed by atoms with Crippen LogP contribution in [0.25, 0.3) is 10.9 Å².